The topological polar surface area (TPSA) is 113 Å². The average Bonchev–Trinajstić information content (AvgIpc) is 2.80. The van der Waals surface area contributed by atoms with Crippen molar-refractivity contribution in [2.75, 3.05) is 29.9 Å². The summed E-state index contributed by atoms with van der Waals surface area (Å²) in [5, 5.41) is 14.8. The molecule has 2 amide bonds. The average molecular weight is 315 g/mol. The molecule has 0 aromatic carbocycles. The standard InChI is InChI=1S/C12H17N3O5S/c1-3-15(5-12(18)19)11(17)7-21-6-10(16)13-9-4-8(2)20-14-9/h4H,3,5-7H2,1-2H3,(H,18,19)(H,13,14,16). The molecule has 21 heavy (non-hydrogen) atoms. The number of nitrogens with zero attached hydrogens (tertiary/aromatic N) is 2. The van der Waals surface area contributed by atoms with E-state index in [2.05, 4.69) is 10.5 Å². The maximum absolute atomic E-state index is 11.7. The summed E-state index contributed by atoms with van der Waals surface area (Å²) >= 11 is 1.11. The molecule has 0 saturated heterocycles. The molecule has 1 heterocycles. The summed E-state index contributed by atoms with van der Waals surface area (Å²) in [6, 6.07) is 1.58. The summed E-state index contributed by atoms with van der Waals surface area (Å²) in [5.74, 6) is -0.646. The highest BCUT2D eigenvalue weighted by Crippen LogP contribution is 2.09. The SMILES string of the molecule is CCN(CC(=O)O)C(=O)CSCC(=O)Nc1cc(C)on1. The van der Waals surface area contributed by atoms with Gasteiger partial charge in [0.15, 0.2) is 5.82 Å². The molecule has 0 unspecified atom stereocenters. The predicted octanol–water partition coefficient (Wildman–Crippen LogP) is 0.588. The van der Waals surface area contributed by atoms with Gasteiger partial charge in [-0.05, 0) is 13.8 Å². The number of aromatic nitrogens is 1. The van der Waals surface area contributed by atoms with Crippen molar-refractivity contribution in [3.05, 3.63) is 11.8 Å². The lowest BCUT2D eigenvalue weighted by Gasteiger charge is -2.17. The third kappa shape index (κ3) is 6.30. The number of anilines is 1. The molecular weight excluding hydrogens is 298 g/mol. The minimum Gasteiger partial charge on any atom is -0.480 e. The molecule has 2 N–H and O–H groups in total. The molecule has 9 heteroatoms. The molecule has 1 aromatic rings. The zero-order valence-corrected chi connectivity index (χ0v) is 12.6. The zero-order chi connectivity index (χ0) is 15.8. The lowest BCUT2D eigenvalue weighted by molar-refractivity contribution is -0.143. The van der Waals surface area contributed by atoms with Crippen LogP contribution >= 0.6 is 11.8 Å². The number of amides is 2. The maximum atomic E-state index is 11.7. The van der Waals surface area contributed by atoms with Gasteiger partial charge in [0.2, 0.25) is 11.8 Å². The van der Waals surface area contributed by atoms with Crippen molar-refractivity contribution >= 4 is 35.4 Å². The molecule has 0 bridgehead atoms. The van der Waals surface area contributed by atoms with Crippen molar-refractivity contribution in [2.45, 2.75) is 13.8 Å². The van der Waals surface area contributed by atoms with Gasteiger partial charge in [-0.2, -0.15) is 0 Å². The summed E-state index contributed by atoms with van der Waals surface area (Å²) in [5.41, 5.74) is 0. The van der Waals surface area contributed by atoms with Gasteiger partial charge in [0.05, 0.1) is 11.5 Å². The van der Waals surface area contributed by atoms with Crippen molar-refractivity contribution in [1.29, 1.82) is 0 Å². The van der Waals surface area contributed by atoms with Crippen LogP contribution in [0.5, 0.6) is 0 Å². The van der Waals surface area contributed by atoms with E-state index in [4.69, 9.17) is 9.63 Å². The van der Waals surface area contributed by atoms with Crippen molar-refractivity contribution in [3.8, 4) is 0 Å². The first-order chi connectivity index (χ1) is 9.92. The summed E-state index contributed by atoms with van der Waals surface area (Å²) in [4.78, 5) is 35.1. The predicted molar refractivity (Wildman–Crippen MR) is 77.1 cm³/mol. The van der Waals surface area contributed by atoms with Crippen LogP contribution < -0.4 is 5.32 Å². The van der Waals surface area contributed by atoms with Gasteiger partial charge in [-0.15, -0.1) is 11.8 Å². The van der Waals surface area contributed by atoms with E-state index in [0.29, 0.717) is 18.1 Å². The fourth-order valence-corrected chi connectivity index (χ4v) is 2.18. The lowest BCUT2D eigenvalue weighted by Crippen LogP contribution is -2.36. The lowest BCUT2D eigenvalue weighted by atomic mass is 10.4. The summed E-state index contributed by atoms with van der Waals surface area (Å²) < 4.78 is 4.80. The molecule has 0 radical (unpaired) electrons. The van der Waals surface area contributed by atoms with Gasteiger partial charge in [0.1, 0.15) is 12.3 Å². The third-order valence-corrected chi connectivity index (χ3v) is 3.33. The Balaban J connectivity index is 2.30. The Bertz CT molecular complexity index is 517. The molecule has 116 valence electrons. The zero-order valence-electron chi connectivity index (χ0n) is 11.8. The van der Waals surface area contributed by atoms with Crippen molar-refractivity contribution in [3.63, 3.8) is 0 Å². The maximum Gasteiger partial charge on any atom is 0.323 e. The Morgan fingerprint density at radius 3 is 2.67 bits per heavy atom. The van der Waals surface area contributed by atoms with Gasteiger partial charge >= 0.3 is 5.97 Å². The Morgan fingerprint density at radius 1 is 1.43 bits per heavy atom. The highest BCUT2D eigenvalue weighted by atomic mass is 32.2. The van der Waals surface area contributed by atoms with Crippen LogP contribution in [0, 0.1) is 6.92 Å². The van der Waals surface area contributed by atoms with E-state index in [0.717, 1.165) is 11.8 Å². The van der Waals surface area contributed by atoms with Crippen molar-refractivity contribution in [1.82, 2.24) is 10.1 Å². The molecule has 0 aliphatic heterocycles. The number of hydrogen-bond donors (Lipinski definition) is 2. The Labute approximate surface area is 125 Å². The Kier molecular flexibility index (Phi) is 6.73. The highest BCUT2D eigenvalue weighted by Gasteiger charge is 2.15. The first-order valence-corrected chi connectivity index (χ1v) is 7.38. The number of thioether (sulfide) groups is 1. The molecular formula is C12H17N3O5S. The molecule has 0 aliphatic carbocycles. The molecule has 8 nitrogen and oxygen atoms in total. The number of carbonyl (C=O) groups is 3. The van der Waals surface area contributed by atoms with E-state index in [-0.39, 0.29) is 29.9 Å². The third-order valence-electron chi connectivity index (χ3n) is 2.41. The fraction of sp³-hybridized carbons (Fsp3) is 0.500. The highest BCUT2D eigenvalue weighted by molar-refractivity contribution is 8.00. The van der Waals surface area contributed by atoms with E-state index in [1.807, 2.05) is 0 Å². The van der Waals surface area contributed by atoms with Gasteiger partial charge in [-0.25, -0.2) is 0 Å². The van der Waals surface area contributed by atoms with Gasteiger partial charge in [-0.3, -0.25) is 14.4 Å². The van der Waals surface area contributed by atoms with Crippen LogP contribution in [0.15, 0.2) is 10.6 Å². The normalized spacial score (nSPS) is 10.2. The second kappa shape index (κ2) is 8.30. The minimum absolute atomic E-state index is 0.0480. The molecule has 0 aliphatic rings. The van der Waals surface area contributed by atoms with E-state index in [1.165, 1.54) is 4.90 Å². The number of likely N-dealkylation sites (N-methyl/N-ethyl adjacent to an activating group) is 1. The number of carboxylic acids is 1. The molecule has 1 aromatic heterocycles. The minimum atomic E-state index is -1.06. The first kappa shape index (κ1) is 17.0. The van der Waals surface area contributed by atoms with E-state index in [9.17, 15) is 14.4 Å². The summed E-state index contributed by atoms with van der Waals surface area (Å²) in [6.07, 6.45) is 0. The largest absolute Gasteiger partial charge is 0.480 e. The van der Waals surface area contributed by atoms with Gasteiger partial charge in [-0.1, -0.05) is 5.16 Å². The number of hydrogen-bond acceptors (Lipinski definition) is 6. The number of carbonyl (C=O) groups excluding carboxylic acids is 2. The van der Waals surface area contributed by atoms with Gasteiger partial charge in [0.25, 0.3) is 0 Å². The Morgan fingerprint density at radius 2 is 2.14 bits per heavy atom. The van der Waals surface area contributed by atoms with Crippen LogP contribution in [-0.2, 0) is 14.4 Å². The smallest absolute Gasteiger partial charge is 0.323 e. The number of aryl methyl sites for hydroxylation is 1. The van der Waals surface area contributed by atoms with Crippen LogP contribution in [0.1, 0.15) is 12.7 Å². The molecule has 0 spiro atoms. The van der Waals surface area contributed by atoms with E-state index in [1.54, 1.807) is 19.9 Å². The van der Waals surface area contributed by atoms with Crippen molar-refractivity contribution < 1.29 is 24.0 Å². The van der Waals surface area contributed by atoms with E-state index < -0.39 is 5.97 Å². The van der Waals surface area contributed by atoms with Gasteiger partial charge in [0, 0.05) is 12.6 Å². The number of carboxylic acid groups (broad SMARTS) is 1. The quantitative estimate of drug-likeness (QED) is 0.721. The van der Waals surface area contributed by atoms with Crippen LogP contribution in [0.3, 0.4) is 0 Å². The van der Waals surface area contributed by atoms with Crippen LogP contribution in [-0.4, -0.2) is 57.5 Å². The monoisotopic (exact) mass is 315 g/mol. The van der Waals surface area contributed by atoms with Crippen LogP contribution in [0.2, 0.25) is 0 Å². The number of aliphatic carboxylic acids is 1. The Hall–Kier alpha value is -2.03. The van der Waals surface area contributed by atoms with Crippen LogP contribution in [0.25, 0.3) is 0 Å². The summed E-state index contributed by atoms with van der Waals surface area (Å²) in [7, 11) is 0. The molecule has 0 saturated carbocycles. The van der Waals surface area contributed by atoms with Crippen LogP contribution in [0.4, 0.5) is 5.82 Å². The molecule has 0 fully saturated rings. The molecule has 0 atom stereocenters. The fourth-order valence-electron chi connectivity index (χ4n) is 1.47. The van der Waals surface area contributed by atoms with E-state index >= 15 is 0 Å². The molecule has 1 rings (SSSR count). The second-order valence-corrected chi connectivity index (χ2v) is 5.15. The van der Waals surface area contributed by atoms with Gasteiger partial charge < -0.3 is 19.8 Å². The second-order valence-electron chi connectivity index (χ2n) is 4.17. The van der Waals surface area contributed by atoms with Crippen molar-refractivity contribution in [2.24, 2.45) is 0 Å². The number of rotatable bonds is 8. The first-order valence-electron chi connectivity index (χ1n) is 6.22. The summed E-state index contributed by atoms with van der Waals surface area (Å²) in [6.45, 7) is 3.39. The number of nitrogens with one attached hydrogen (secondary N) is 1.